The van der Waals surface area contributed by atoms with Crippen LogP contribution in [0.15, 0.2) is 48.8 Å². The quantitative estimate of drug-likeness (QED) is 0.739. The topological polar surface area (TPSA) is 29.8 Å². The second kappa shape index (κ2) is 5.37. The molecule has 0 atom stereocenters. The molecule has 22 heavy (non-hydrogen) atoms. The first-order chi connectivity index (χ1) is 10.8. The van der Waals surface area contributed by atoms with Crippen LogP contribution in [0, 0.1) is 0 Å². The van der Waals surface area contributed by atoms with Crippen LogP contribution in [0.2, 0.25) is 0 Å². The zero-order valence-electron chi connectivity index (χ0n) is 12.7. The van der Waals surface area contributed by atoms with Crippen molar-refractivity contribution < 1.29 is 4.74 Å². The highest BCUT2D eigenvalue weighted by Gasteiger charge is 2.13. The number of aromatic nitrogens is 2. The van der Waals surface area contributed by atoms with E-state index in [0.29, 0.717) is 0 Å². The highest BCUT2D eigenvalue weighted by atomic mass is 16.5. The first-order valence-electron chi connectivity index (χ1n) is 7.72. The standard InChI is InChI=1S/C18H19N3O/c1-22-16-6-4-5-14(11-16)17-13-21-10-7-15(12-18(21)19-17)20-8-2-3-9-20/h4-7,10-13H,2-3,8-9H2,1H3. The second-order valence-corrected chi connectivity index (χ2v) is 5.70. The van der Waals surface area contributed by atoms with Crippen molar-refractivity contribution in [3.63, 3.8) is 0 Å². The number of fused-ring (bicyclic) bond motifs is 1. The number of methoxy groups -OCH3 is 1. The maximum absolute atomic E-state index is 5.30. The summed E-state index contributed by atoms with van der Waals surface area (Å²) >= 11 is 0. The molecule has 4 rings (SSSR count). The largest absolute Gasteiger partial charge is 0.497 e. The van der Waals surface area contributed by atoms with Gasteiger partial charge >= 0.3 is 0 Å². The maximum Gasteiger partial charge on any atom is 0.139 e. The van der Waals surface area contributed by atoms with Gasteiger partial charge in [-0.1, -0.05) is 12.1 Å². The summed E-state index contributed by atoms with van der Waals surface area (Å²) in [5.41, 5.74) is 4.30. The molecule has 112 valence electrons. The van der Waals surface area contributed by atoms with Crippen molar-refractivity contribution in [3.8, 4) is 17.0 Å². The molecule has 4 nitrogen and oxygen atoms in total. The molecule has 2 aromatic heterocycles. The highest BCUT2D eigenvalue weighted by molar-refractivity contribution is 5.66. The van der Waals surface area contributed by atoms with E-state index < -0.39 is 0 Å². The Morgan fingerprint density at radius 3 is 2.77 bits per heavy atom. The molecular formula is C18H19N3O. The normalized spacial score (nSPS) is 14.7. The van der Waals surface area contributed by atoms with Crippen molar-refractivity contribution in [2.45, 2.75) is 12.8 Å². The molecule has 0 N–H and O–H groups in total. The van der Waals surface area contributed by atoms with Gasteiger partial charge in [0, 0.05) is 42.8 Å². The molecule has 0 saturated carbocycles. The van der Waals surface area contributed by atoms with Crippen LogP contribution in [0.4, 0.5) is 5.69 Å². The van der Waals surface area contributed by atoms with Gasteiger partial charge in [0.15, 0.2) is 0 Å². The van der Waals surface area contributed by atoms with Gasteiger partial charge in [0.2, 0.25) is 0 Å². The molecule has 0 spiro atoms. The van der Waals surface area contributed by atoms with Crippen molar-refractivity contribution >= 4 is 11.3 Å². The number of ether oxygens (including phenoxy) is 1. The van der Waals surface area contributed by atoms with Gasteiger partial charge in [-0.15, -0.1) is 0 Å². The molecule has 1 aliphatic heterocycles. The van der Waals surface area contributed by atoms with E-state index in [1.807, 2.05) is 18.2 Å². The van der Waals surface area contributed by atoms with E-state index in [-0.39, 0.29) is 0 Å². The molecule has 1 saturated heterocycles. The van der Waals surface area contributed by atoms with E-state index >= 15 is 0 Å². The van der Waals surface area contributed by atoms with Crippen molar-refractivity contribution in [1.29, 1.82) is 0 Å². The summed E-state index contributed by atoms with van der Waals surface area (Å²) < 4.78 is 7.37. The lowest BCUT2D eigenvalue weighted by Crippen LogP contribution is -2.17. The van der Waals surface area contributed by atoms with Crippen LogP contribution in [0.3, 0.4) is 0 Å². The smallest absolute Gasteiger partial charge is 0.139 e. The van der Waals surface area contributed by atoms with E-state index in [0.717, 1.165) is 35.7 Å². The lowest BCUT2D eigenvalue weighted by Gasteiger charge is -2.17. The molecule has 0 radical (unpaired) electrons. The molecule has 0 aliphatic carbocycles. The molecule has 3 aromatic rings. The Morgan fingerprint density at radius 2 is 1.95 bits per heavy atom. The lowest BCUT2D eigenvalue weighted by atomic mass is 10.1. The molecule has 0 unspecified atom stereocenters. The zero-order chi connectivity index (χ0) is 14.9. The lowest BCUT2D eigenvalue weighted by molar-refractivity contribution is 0.415. The Bertz CT molecular complexity index is 803. The number of hydrogen-bond donors (Lipinski definition) is 0. The van der Waals surface area contributed by atoms with Gasteiger partial charge in [-0.25, -0.2) is 4.98 Å². The minimum absolute atomic E-state index is 0.854. The van der Waals surface area contributed by atoms with Gasteiger partial charge in [-0.2, -0.15) is 0 Å². The minimum atomic E-state index is 0.854. The summed E-state index contributed by atoms with van der Waals surface area (Å²) in [6, 6.07) is 12.4. The number of nitrogens with zero attached hydrogens (tertiary/aromatic N) is 3. The molecule has 4 heteroatoms. The zero-order valence-corrected chi connectivity index (χ0v) is 12.7. The Hall–Kier alpha value is -2.49. The Labute approximate surface area is 130 Å². The first-order valence-corrected chi connectivity index (χ1v) is 7.72. The van der Waals surface area contributed by atoms with Crippen molar-refractivity contribution in [1.82, 2.24) is 9.38 Å². The summed E-state index contributed by atoms with van der Waals surface area (Å²) in [4.78, 5) is 7.20. The van der Waals surface area contributed by atoms with Crippen LogP contribution in [-0.4, -0.2) is 29.6 Å². The number of imidazole rings is 1. The average molecular weight is 293 g/mol. The van der Waals surface area contributed by atoms with Gasteiger partial charge in [0.1, 0.15) is 11.4 Å². The number of rotatable bonds is 3. The monoisotopic (exact) mass is 293 g/mol. The number of hydrogen-bond acceptors (Lipinski definition) is 3. The van der Waals surface area contributed by atoms with E-state index in [1.54, 1.807) is 7.11 Å². The van der Waals surface area contributed by atoms with Crippen molar-refractivity contribution in [2.24, 2.45) is 0 Å². The molecule has 0 amide bonds. The summed E-state index contributed by atoms with van der Waals surface area (Å²) in [5.74, 6) is 0.854. The van der Waals surface area contributed by atoms with Crippen LogP contribution in [0.5, 0.6) is 5.75 Å². The van der Waals surface area contributed by atoms with E-state index in [9.17, 15) is 0 Å². The molecule has 3 heterocycles. The van der Waals surface area contributed by atoms with E-state index in [1.165, 1.54) is 18.5 Å². The Morgan fingerprint density at radius 1 is 1.09 bits per heavy atom. The average Bonchev–Trinajstić information content (AvgIpc) is 3.23. The third-order valence-electron chi connectivity index (χ3n) is 4.28. The van der Waals surface area contributed by atoms with E-state index in [2.05, 4.69) is 39.9 Å². The minimum Gasteiger partial charge on any atom is -0.497 e. The summed E-state index contributed by atoms with van der Waals surface area (Å²) in [7, 11) is 1.69. The Kier molecular flexibility index (Phi) is 3.22. The number of pyridine rings is 1. The SMILES string of the molecule is COc1cccc(-c2cn3ccc(N4CCCC4)cc3n2)c1. The maximum atomic E-state index is 5.30. The van der Waals surface area contributed by atoms with Crippen LogP contribution >= 0.6 is 0 Å². The van der Waals surface area contributed by atoms with Crippen molar-refractivity contribution in [2.75, 3.05) is 25.1 Å². The van der Waals surface area contributed by atoms with Crippen LogP contribution in [0.25, 0.3) is 16.9 Å². The fourth-order valence-electron chi connectivity index (χ4n) is 3.06. The van der Waals surface area contributed by atoms with Crippen LogP contribution in [0.1, 0.15) is 12.8 Å². The first kappa shape index (κ1) is 13.2. The molecule has 1 aliphatic rings. The van der Waals surface area contributed by atoms with Crippen LogP contribution in [-0.2, 0) is 0 Å². The molecule has 1 fully saturated rings. The highest BCUT2D eigenvalue weighted by Crippen LogP contribution is 2.26. The Balaban J connectivity index is 1.73. The predicted octanol–water partition coefficient (Wildman–Crippen LogP) is 3.61. The summed E-state index contributed by atoms with van der Waals surface area (Å²) in [6.07, 6.45) is 6.74. The summed E-state index contributed by atoms with van der Waals surface area (Å²) in [6.45, 7) is 2.30. The van der Waals surface area contributed by atoms with Gasteiger partial charge in [0.05, 0.1) is 12.8 Å². The van der Waals surface area contributed by atoms with Crippen molar-refractivity contribution in [3.05, 3.63) is 48.8 Å². The molecule has 1 aromatic carbocycles. The second-order valence-electron chi connectivity index (χ2n) is 5.70. The van der Waals surface area contributed by atoms with Crippen LogP contribution < -0.4 is 9.64 Å². The molecule has 0 bridgehead atoms. The fourth-order valence-corrected chi connectivity index (χ4v) is 3.06. The molecular weight excluding hydrogens is 274 g/mol. The number of anilines is 1. The predicted molar refractivity (Wildman–Crippen MR) is 88.6 cm³/mol. The third kappa shape index (κ3) is 2.30. The van der Waals surface area contributed by atoms with E-state index in [4.69, 9.17) is 9.72 Å². The summed E-state index contributed by atoms with van der Waals surface area (Å²) in [5, 5.41) is 0. The van der Waals surface area contributed by atoms with Gasteiger partial charge < -0.3 is 14.0 Å². The fraction of sp³-hybridized carbons (Fsp3) is 0.278. The van der Waals surface area contributed by atoms with Gasteiger partial charge in [-0.3, -0.25) is 0 Å². The number of benzene rings is 1. The third-order valence-corrected chi connectivity index (χ3v) is 4.28. The van der Waals surface area contributed by atoms with Gasteiger partial charge in [-0.05, 0) is 31.0 Å². The van der Waals surface area contributed by atoms with Gasteiger partial charge in [0.25, 0.3) is 0 Å².